The molecule has 2 aromatic heterocycles. The van der Waals surface area contributed by atoms with Crippen molar-refractivity contribution < 1.29 is 14.3 Å². The first-order valence-electron chi connectivity index (χ1n) is 9.48. The van der Waals surface area contributed by atoms with Crippen molar-refractivity contribution in [2.24, 2.45) is 0 Å². The maximum atomic E-state index is 12.5. The van der Waals surface area contributed by atoms with Gasteiger partial charge in [0.25, 0.3) is 0 Å². The zero-order valence-corrected chi connectivity index (χ0v) is 18.4. The quantitative estimate of drug-likeness (QED) is 0.622. The van der Waals surface area contributed by atoms with E-state index in [-0.39, 0.29) is 16.0 Å². The van der Waals surface area contributed by atoms with Crippen molar-refractivity contribution in [2.75, 3.05) is 0 Å². The molecule has 0 aliphatic rings. The minimum atomic E-state index is -1.90. The van der Waals surface area contributed by atoms with Gasteiger partial charge in [0, 0.05) is 18.1 Å². The Morgan fingerprint density at radius 2 is 1.93 bits per heavy atom. The van der Waals surface area contributed by atoms with Gasteiger partial charge in [-0.1, -0.05) is 32.9 Å². The van der Waals surface area contributed by atoms with E-state index in [1.165, 1.54) is 6.20 Å². The third-order valence-corrected chi connectivity index (χ3v) is 10.1. The molecule has 2 heterocycles. The SMILES string of the molecule is CC(C)(C)[Si](C)(C)OCc1cccc(-n2cc(C(=O)O)c(=O)c3cccnc32)c1. The smallest absolute Gasteiger partial charge is 0.341 e. The fourth-order valence-corrected chi connectivity index (χ4v) is 3.75. The van der Waals surface area contributed by atoms with Crippen molar-refractivity contribution in [1.29, 1.82) is 0 Å². The summed E-state index contributed by atoms with van der Waals surface area (Å²) in [5, 5.41) is 9.84. The maximum absolute atomic E-state index is 12.5. The first-order valence-corrected chi connectivity index (χ1v) is 12.4. The van der Waals surface area contributed by atoms with Crippen molar-refractivity contribution >= 4 is 25.3 Å². The number of benzene rings is 1. The molecule has 3 aromatic rings. The number of hydrogen-bond acceptors (Lipinski definition) is 4. The Hall–Kier alpha value is -2.77. The summed E-state index contributed by atoms with van der Waals surface area (Å²) < 4.78 is 7.96. The minimum absolute atomic E-state index is 0.111. The van der Waals surface area contributed by atoms with Gasteiger partial charge in [-0.05, 0) is 48.0 Å². The van der Waals surface area contributed by atoms with Crippen LogP contribution in [0.3, 0.4) is 0 Å². The number of rotatable bonds is 5. The van der Waals surface area contributed by atoms with Gasteiger partial charge in [0.15, 0.2) is 8.32 Å². The van der Waals surface area contributed by atoms with Crippen molar-refractivity contribution in [1.82, 2.24) is 9.55 Å². The van der Waals surface area contributed by atoms with Gasteiger partial charge in [0.2, 0.25) is 5.43 Å². The first-order chi connectivity index (χ1) is 13.5. The number of hydrogen-bond donors (Lipinski definition) is 1. The monoisotopic (exact) mass is 410 g/mol. The molecule has 0 fully saturated rings. The lowest BCUT2D eigenvalue weighted by Crippen LogP contribution is -2.40. The van der Waals surface area contributed by atoms with Crippen LogP contribution in [0.15, 0.2) is 53.6 Å². The first kappa shape index (κ1) is 20.9. The second kappa shape index (κ2) is 7.57. The van der Waals surface area contributed by atoms with E-state index in [0.717, 1.165) is 11.3 Å². The molecule has 1 aromatic carbocycles. The summed E-state index contributed by atoms with van der Waals surface area (Å²) in [5.74, 6) is -1.26. The Bertz CT molecular complexity index is 1130. The van der Waals surface area contributed by atoms with E-state index in [2.05, 4.69) is 38.8 Å². The molecule has 0 aliphatic carbocycles. The number of carbonyl (C=O) groups is 1. The van der Waals surface area contributed by atoms with Gasteiger partial charge in [0.1, 0.15) is 11.2 Å². The van der Waals surface area contributed by atoms with Crippen LogP contribution in [0.25, 0.3) is 16.7 Å². The van der Waals surface area contributed by atoms with Gasteiger partial charge in [0.05, 0.1) is 12.0 Å². The molecule has 3 rings (SSSR count). The molecule has 6 nitrogen and oxygen atoms in total. The third kappa shape index (κ3) is 4.16. The number of carboxylic acid groups (broad SMARTS) is 1. The highest BCUT2D eigenvalue weighted by Gasteiger charge is 2.37. The van der Waals surface area contributed by atoms with Crippen LogP contribution in [0.1, 0.15) is 36.7 Å². The van der Waals surface area contributed by atoms with E-state index in [9.17, 15) is 14.7 Å². The molecule has 0 bridgehead atoms. The van der Waals surface area contributed by atoms with Crippen molar-refractivity contribution in [2.45, 2.75) is 45.5 Å². The predicted octanol–water partition coefficient (Wildman–Crippen LogP) is 4.61. The number of carboxylic acids is 1. The van der Waals surface area contributed by atoms with E-state index in [1.807, 2.05) is 24.3 Å². The Morgan fingerprint density at radius 1 is 1.21 bits per heavy atom. The predicted molar refractivity (Wildman–Crippen MR) is 116 cm³/mol. The van der Waals surface area contributed by atoms with Gasteiger partial charge >= 0.3 is 5.97 Å². The Morgan fingerprint density at radius 3 is 2.59 bits per heavy atom. The molecular weight excluding hydrogens is 384 g/mol. The van der Waals surface area contributed by atoms with Crippen LogP contribution in [0.4, 0.5) is 0 Å². The van der Waals surface area contributed by atoms with Crippen molar-refractivity contribution in [3.05, 3.63) is 70.1 Å². The van der Waals surface area contributed by atoms with E-state index >= 15 is 0 Å². The highest BCUT2D eigenvalue weighted by atomic mass is 28.4. The van der Waals surface area contributed by atoms with E-state index < -0.39 is 19.7 Å². The summed E-state index contributed by atoms with van der Waals surface area (Å²) in [4.78, 5) is 28.4. The van der Waals surface area contributed by atoms with Crippen LogP contribution in [0.5, 0.6) is 0 Å². The molecule has 0 saturated heterocycles. The minimum Gasteiger partial charge on any atom is -0.477 e. The van der Waals surface area contributed by atoms with Crippen LogP contribution in [-0.2, 0) is 11.0 Å². The van der Waals surface area contributed by atoms with E-state index in [0.29, 0.717) is 12.3 Å². The lowest BCUT2D eigenvalue weighted by Gasteiger charge is -2.36. The maximum Gasteiger partial charge on any atom is 0.341 e. The van der Waals surface area contributed by atoms with E-state index in [1.54, 1.807) is 22.9 Å². The summed E-state index contributed by atoms with van der Waals surface area (Å²) in [6.45, 7) is 11.5. The summed E-state index contributed by atoms with van der Waals surface area (Å²) in [6.07, 6.45) is 2.93. The van der Waals surface area contributed by atoms with Crippen molar-refractivity contribution in [3.8, 4) is 5.69 Å². The summed E-state index contributed by atoms with van der Waals surface area (Å²) >= 11 is 0. The lowest BCUT2D eigenvalue weighted by molar-refractivity contribution is 0.0695. The van der Waals surface area contributed by atoms with Crippen LogP contribution < -0.4 is 5.43 Å². The summed E-state index contributed by atoms with van der Waals surface area (Å²) in [6, 6.07) is 10.9. The Labute approximate surface area is 170 Å². The second-order valence-electron chi connectivity index (χ2n) is 8.64. The number of aromatic nitrogens is 2. The molecule has 0 saturated carbocycles. The van der Waals surface area contributed by atoms with Gasteiger partial charge in [-0.3, -0.25) is 4.79 Å². The Kier molecular flexibility index (Phi) is 5.47. The summed E-state index contributed by atoms with van der Waals surface area (Å²) in [5.41, 5.74) is 1.31. The molecule has 0 amide bonds. The molecule has 7 heteroatoms. The lowest BCUT2D eigenvalue weighted by atomic mass is 10.1. The van der Waals surface area contributed by atoms with Gasteiger partial charge in [-0.15, -0.1) is 0 Å². The van der Waals surface area contributed by atoms with Crippen LogP contribution >= 0.6 is 0 Å². The number of nitrogens with zero attached hydrogens (tertiary/aromatic N) is 2. The van der Waals surface area contributed by atoms with Crippen LogP contribution in [0.2, 0.25) is 18.1 Å². The average molecular weight is 411 g/mol. The highest BCUT2D eigenvalue weighted by molar-refractivity contribution is 6.74. The molecule has 0 spiro atoms. The zero-order valence-electron chi connectivity index (χ0n) is 17.4. The van der Waals surface area contributed by atoms with Gasteiger partial charge in [-0.25, -0.2) is 9.78 Å². The Balaban J connectivity index is 2.06. The fourth-order valence-electron chi connectivity index (χ4n) is 2.79. The fraction of sp³-hybridized carbons (Fsp3) is 0.318. The normalized spacial score (nSPS) is 12.3. The van der Waals surface area contributed by atoms with Crippen molar-refractivity contribution in [3.63, 3.8) is 0 Å². The molecular formula is C22H26N2O4Si. The van der Waals surface area contributed by atoms with Gasteiger partial charge < -0.3 is 14.1 Å². The molecule has 152 valence electrons. The third-order valence-electron chi connectivity index (χ3n) is 5.59. The topological polar surface area (TPSA) is 81.4 Å². The molecule has 0 aliphatic heterocycles. The summed E-state index contributed by atoms with van der Waals surface area (Å²) in [7, 11) is -1.90. The largest absolute Gasteiger partial charge is 0.477 e. The standard InChI is InChI=1S/C22H26N2O4Si/c1-22(2,3)29(4,5)28-14-15-8-6-9-16(12-15)24-13-18(21(26)27)19(25)17-10-7-11-23-20(17)24/h6-13H,14H2,1-5H3,(H,26,27). The molecule has 0 radical (unpaired) electrons. The molecule has 0 atom stereocenters. The van der Waals surface area contributed by atoms with Crippen LogP contribution in [-0.4, -0.2) is 28.9 Å². The number of pyridine rings is 2. The second-order valence-corrected chi connectivity index (χ2v) is 13.4. The zero-order chi connectivity index (χ0) is 21.4. The average Bonchev–Trinajstić information content (AvgIpc) is 2.66. The van der Waals surface area contributed by atoms with Gasteiger partial charge in [-0.2, -0.15) is 0 Å². The molecule has 29 heavy (non-hydrogen) atoms. The number of fused-ring (bicyclic) bond motifs is 1. The highest BCUT2D eigenvalue weighted by Crippen LogP contribution is 2.37. The number of aromatic carboxylic acids is 1. The molecule has 1 N–H and O–H groups in total. The molecule has 0 unspecified atom stereocenters. The van der Waals surface area contributed by atoms with E-state index in [4.69, 9.17) is 4.43 Å². The van der Waals surface area contributed by atoms with Crippen LogP contribution in [0, 0.1) is 0 Å².